The lowest BCUT2D eigenvalue weighted by molar-refractivity contribution is -0.101. The second kappa shape index (κ2) is 7.69. The van der Waals surface area contributed by atoms with Crippen LogP contribution in [0.4, 0.5) is 8.78 Å². The number of rotatable bonds is 6. The molecular weight excluding hydrogens is 380 g/mol. The van der Waals surface area contributed by atoms with Crippen LogP contribution >= 0.6 is 11.6 Å². The molecule has 2 aromatic heterocycles. The molecule has 2 N–H and O–H groups in total. The number of aromatic nitrogens is 2. The summed E-state index contributed by atoms with van der Waals surface area (Å²) in [6.45, 7) is 0.837. The highest BCUT2D eigenvalue weighted by Crippen LogP contribution is 2.38. The van der Waals surface area contributed by atoms with Gasteiger partial charge in [-0.1, -0.05) is 11.6 Å². The number of hydrogen-bond donors (Lipinski definition) is 2. The summed E-state index contributed by atoms with van der Waals surface area (Å²) in [5, 5.41) is 14.0. The van der Waals surface area contributed by atoms with Crippen molar-refractivity contribution < 1.29 is 23.4 Å². The van der Waals surface area contributed by atoms with Crippen LogP contribution in [0.5, 0.6) is 0 Å². The summed E-state index contributed by atoms with van der Waals surface area (Å²) in [4.78, 5) is 17.0. The first kappa shape index (κ1) is 20.0. The minimum absolute atomic E-state index is 0.0574. The number of ether oxygens (including phenoxy) is 1. The minimum atomic E-state index is -2.75. The van der Waals surface area contributed by atoms with Crippen molar-refractivity contribution in [1.29, 1.82) is 0 Å². The van der Waals surface area contributed by atoms with Gasteiger partial charge in [0.1, 0.15) is 5.65 Å². The molecule has 0 spiro atoms. The molecule has 0 radical (unpaired) electrons. The highest BCUT2D eigenvalue weighted by molar-refractivity contribution is 6.36. The first-order chi connectivity index (χ1) is 12.7. The fourth-order valence-corrected chi connectivity index (χ4v) is 3.55. The van der Waals surface area contributed by atoms with Gasteiger partial charge in [-0.3, -0.25) is 4.79 Å². The lowest BCUT2D eigenvalue weighted by Gasteiger charge is -2.35. The summed E-state index contributed by atoms with van der Waals surface area (Å²) in [5.74, 6) is -3.18. The molecule has 6 nitrogen and oxygen atoms in total. The molecule has 9 heteroatoms. The van der Waals surface area contributed by atoms with Crippen molar-refractivity contribution in [2.45, 2.75) is 43.8 Å². The second-order valence-corrected chi connectivity index (χ2v) is 7.39. The normalized spacial score (nSPS) is 18.6. The van der Waals surface area contributed by atoms with Crippen molar-refractivity contribution in [2.75, 3.05) is 20.3 Å². The lowest BCUT2D eigenvalue weighted by atomic mass is 9.82. The Balaban J connectivity index is 1.78. The van der Waals surface area contributed by atoms with Crippen molar-refractivity contribution in [3.63, 3.8) is 0 Å². The molecule has 0 aromatic carbocycles. The molecule has 0 unspecified atom stereocenters. The molecule has 1 aliphatic rings. The fourth-order valence-electron chi connectivity index (χ4n) is 3.31. The number of alkyl halides is 2. The van der Waals surface area contributed by atoms with Gasteiger partial charge in [-0.15, -0.1) is 0 Å². The minimum Gasteiger partial charge on any atom is -0.388 e. The average molecular weight is 402 g/mol. The molecule has 3 rings (SSSR count). The van der Waals surface area contributed by atoms with E-state index < -0.39 is 17.4 Å². The van der Waals surface area contributed by atoms with E-state index in [1.54, 1.807) is 30.1 Å². The van der Waals surface area contributed by atoms with E-state index in [-0.39, 0.29) is 32.2 Å². The van der Waals surface area contributed by atoms with Gasteiger partial charge in [0.05, 0.1) is 28.2 Å². The standard InChI is InChI=1S/C18H22ClF2N3O3/c1-27-9-8-24-10-12(14-13(19)2-7-22-15(14)24)16(25)23-11-17(26)3-5-18(20,21)6-4-17/h2,7,10,26H,3-6,8-9,11H2,1H3,(H,23,25). The number of halogens is 3. The number of carbonyl (C=O) groups excluding carboxylic acids is 1. The van der Waals surface area contributed by atoms with Crippen LogP contribution in [0.2, 0.25) is 5.02 Å². The molecule has 27 heavy (non-hydrogen) atoms. The van der Waals surface area contributed by atoms with E-state index in [1.807, 2.05) is 0 Å². The maximum atomic E-state index is 13.3. The Morgan fingerprint density at radius 1 is 1.41 bits per heavy atom. The van der Waals surface area contributed by atoms with Crippen LogP contribution in [-0.4, -0.2) is 52.3 Å². The first-order valence-corrected chi connectivity index (χ1v) is 9.13. The van der Waals surface area contributed by atoms with E-state index in [9.17, 15) is 18.7 Å². The van der Waals surface area contributed by atoms with E-state index in [0.717, 1.165) is 0 Å². The van der Waals surface area contributed by atoms with Gasteiger partial charge in [0.15, 0.2) is 0 Å². The Morgan fingerprint density at radius 2 is 2.11 bits per heavy atom. The molecule has 0 saturated heterocycles. The summed E-state index contributed by atoms with van der Waals surface area (Å²) < 4.78 is 33.5. The van der Waals surface area contributed by atoms with E-state index in [0.29, 0.717) is 34.8 Å². The van der Waals surface area contributed by atoms with Crippen LogP contribution in [0.3, 0.4) is 0 Å². The summed E-state index contributed by atoms with van der Waals surface area (Å²) in [5.41, 5.74) is -0.446. The molecule has 1 saturated carbocycles. The molecule has 0 aliphatic heterocycles. The Morgan fingerprint density at radius 3 is 2.78 bits per heavy atom. The monoisotopic (exact) mass is 401 g/mol. The molecule has 1 amide bonds. The summed E-state index contributed by atoms with van der Waals surface area (Å²) in [6.07, 6.45) is 2.31. The molecular formula is C18H22ClF2N3O3. The van der Waals surface area contributed by atoms with Crippen molar-refractivity contribution in [1.82, 2.24) is 14.9 Å². The third kappa shape index (κ3) is 4.39. The van der Waals surface area contributed by atoms with E-state index in [2.05, 4.69) is 10.3 Å². The molecule has 0 atom stereocenters. The summed E-state index contributed by atoms with van der Waals surface area (Å²) >= 11 is 6.26. The molecule has 2 aromatic rings. The van der Waals surface area contributed by atoms with Gasteiger partial charge in [-0.05, 0) is 18.9 Å². The number of fused-ring (bicyclic) bond motifs is 1. The molecule has 1 fully saturated rings. The SMILES string of the molecule is COCCn1cc(C(=O)NCC2(O)CCC(F)(F)CC2)c2c(Cl)ccnc21. The third-order valence-corrected chi connectivity index (χ3v) is 5.29. The zero-order valence-electron chi connectivity index (χ0n) is 15.0. The van der Waals surface area contributed by atoms with E-state index >= 15 is 0 Å². The van der Waals surface area contributed by atoms with Crippen molar-refractivity contribution in [2.24, 2.45) is 0 Å². The summed E-state index contributed by atoms with van der Waals surface area (Å²) in [7, 11) is 1.58. The number of amides is 1. The van der Waals surface area contributed by atoms with Crippen LogP contribution in [0.25, 0.3) is 11.0 Å². The van der Waals surface area contributed by atoms with Gasteiger partial charge in [-0.25, -0.2) is 13.8 Å². The zero-order valence-corrected chi connectivity index (χ0v) is 15.7. The van der Waals surface area contributed by atoms with E-state index in [1.165, 1.54) is 0 Å². The van der Waals surface area contributed by atoms with Crippen molar-refractivity contribution in [3.05, 3.63) is 29.0 Å². The van der Waals surface area contributed by atoms with E-state index in [4.69, 9.17) is 16.3 Å². The Bertz CT molecular complexity index is 831. The average Bonchev–Trinajstić information content (AvgIpc) is 3.01. The molecule has 148 valence electrons. The number of methoxy groups -OCH3 is 1. The quantitative estimate of drug-likeness (QED) is 0.780. The smallest absolute Gasteiger partial charge is 0.253 e. The predicted octanol–water partition coefficient (Wildman–Crippen LogP) is 3.01. The maximum absolute atomic E-state index is 13.3. The number of hydrogen-bond acceptors (Lipinski definition) is 4. The Kier molecular flexibility index (Phi) is 5.69. The van der Waals surface area contributed by atoms with Crippen LogP contribution in [0.15, 0.2) is 18.5 Å². The van der Waals surface area contributed by atoms with Gasteiger partial charge in [0.2, 0.25) is 5.92 Å². The van der Waals surface area contributed by atoms with Gasteiger partial charge in [-0.2, -0.15) is 0 Å². The largest absolute Gasteiger partial charge is 0.388 e. The maximum Gasteiger partial charge on any atom is 0.253 e. The van der Waals surface area contributed by atoms with Gasteiger partial charge >= 0.3 is 0 Å². The Hall–Kier alpha value is -1.77. The molecule has 1 aliphatic carbocycles. The molecule has 2 heterocycles. The number of nitrogens with zero attached hydrogens (tertiary/aromatic N) is 2. The first-order valence-electron chi connectivity index (χ1n) is 8.75. The zero-order chi connectivity index (χ0) is 19.7. The highest BCUT2D eigenvalue weighted by Gasteiger charge is 2.42. The number of carbonyl (C=O) groups is 1. The Labute approximate surface area is 160 Å². The van der Waals surface area contributed by atoms with Crippen molar-refractivity contribution >= 4 is 28.5 Å². The van der Waals surface area contributed by atoms with Crippen LogP contribution in [0.1, 0.15) is 36.0 Å². The van der Waals surface area contributed by atoms with Crippen LogP contribution in [-0.2, 0) is 11.3 Å². The highest BCUT2D eigenvalue weighted by atomic mass is 35.5. The number of nitrogens with one attached hydrogen (secondary N) is 1. The molecule has 0 bridgehead atoms. The van der Waals surface area contributed by atoms with Crippen LogP contribution < -0.4 is 5.32 Å². The van der Waals surface area contributed by atoms with Gasteiger partial charge < -0.3 is 19.7 Å². The second-order valence-electron chi connectivity index (χ2n) is 6.98. The summed E-state index contributed by atoms with van der Waals surface area (Å²) in [6, 6.07) is 1.60. The van der Waals surface area contributed by atoms with Gasteiger partial charge in [0, 0.05) is 45.4 Å². The van der Waals surface area contributed by atoms with Crippen molar-refractivity contribution in [3.8, 4) is 0 Å². The number of pyridine rings is 1. The fraction of sp³-hybridized carbons (Fsp3) is 0.556. The topological polar surface area (TPSA) is 76.4 Å². The number of aliphatic hydroxyl groups is 1. The lowest BCUT2D eigenvalue weighted by Crippen LogP contribution is -2.47. The van der Waals surface area contributed by atoms with Gasteiger partial charge in [0.25, 0.3) is 5.91 Å². The predicted molar refractivity (Wildman–Crippen MR) is 97.3 cm³/mol. The van der Waals surface area contributed by atoms with Crippen LogP contribution in [0, 0.1) is 0 Å². The third-order valence-electron chi connectivity index (χ3n) is 4.98.